The standard InChI is InChI=1S/C18H28N2/c1-19(2)17-11-9-15(10-12-17)14-20-13-5-7-16-6-3-4-8-18(16)20/h9-12,16,18H,3-8,13-14H2,1-2H3. The topological polar surface area (TPSA) is 6.48 Å². The van der Waals surface area contributed by atoms with E-state index in [1.54, 1.807) is 0 Å². The van der Waals surface area contributed by atoms with Crippen molar-refractivity contribution in [2.45, 2.75) is 51.1 Å². The van der Waals surface area contributed by atoms with Crippen molar-refractivity contribution in [2.24, 2.45) is 5.92 Å². The van der Waals surface area contributed by atoms with Gasteiger partial charge in [0.2, 0.25) is 0 Å². The Labute approximate surface area is 123 Å². The average molecular weight is 272 g/mol. The number of anilines is 1. The highest BCUT2D eigenvalue weighted by Gasteiger charge is 2.32. The van der Waals surface area contributed by atoms with Gasteiger partial charge in [-0.05, 0) is 55.8 Å². The monoisotopic (exact) mass is 272 g/mol. The third-order valence-electron chi connectivity index (χ3n) is 5.20. The number of fused-ring (bicyclic) bond motifs is 1. The van der Waals surface area contributed by atoms with Crippen LogP contribution in [0.2, 0.25) is 0 Å². The molecular formula is C18H28N2. The minimum Gasteiger partial charge on any atom is -0.378 e. The minimum atomic E-state index is 0.867. The first-order valence-electron chi connectivity index (χ1n) is 8.24. The number of piperidine rings is 1. The molecule has 0 amide bonds. The van der Waals surface area contributed by atoms with Crippen LogP contribution < -0.4 is 4.90 Å². The first-order valence-corrected chi connectivity index (χ1v) is 8.24. The van der Waals surface area contributed by atoms with E-state index in [9.17, 15) is 0 Å². The van der Waals surface area contributed by atoms with Gasteiger partial charge in [0.1, 0.15) is 0 Å². The van der Waals surface area contributed by atoms with E-state index < -0.39 is 0 Å². The van der Waals surface area contributed by atoms with E-state index >= 15 is 0 Å². The van der Waals surface area contributed by atoms with Crippen molar-refractivity contribution in [3.05, 3.63) is 29.8 Å². The fourth-order valence-electron chi connectivity index (χ4n) is 4.06. The van der Waals surface area contributed by atoms with Gasteiger partial charge in [0.15, 0.2) is 0 Å². The van der Waals surface area contributed by atoms with Crippen LogP contribution in [0.1, 0.15) is 44.1 Å². The smallest absolute Gasteiger partial charge is 0.0361 e. The molecule has 1 aliphatic heterocycles. The zero-order chi connectivity index (χ0) is 13.9. The summed E-state index contributed by atoms with van der Waals surface area (Å²) in [7, 11) is 4.21. The van der Waals surface area contributed by atoms with Crippen LogP contribution in [-0.4, -0.2) is 31.6 Å². The number of rotatable bonds is 3. The van der Waals surface area contributed by atoms with Crippen molar-refractivity contribution < 1.29 is 0 Å². The minimum absolute atomic E-state index is 0.867. The van der Waals surface area contributed by atoms with Gasteiger partial charge in [-0.3, -0.25) is 4.90 Å². The van der Waals surface area contributed by atoms with E-state index in [1.165, 1.54) is 56.3 Å². The van der Waals surface area contributed by atoms with Crippen LogP contribution >= 0.6 is 0 Å². The first-order chi connectivity index (χ1) is 9.74. The molecule has 1 aliphatic carbocycles. The molecule has 1 saturated heterocycles. The summed E-state index contributed by atoms with van der Waals surface area (Å²) < 4.78 is 0. The summed E-state index contributed by atoms with van der Waals surface area (Å²) >= 11 is 0. The summed E-state index contributed by atoms with van der Waals surface area (Å²) in [6, 6.07) is 9.98. The fraction of sp³-hybridized carbons (Fsp3) is 0.667. The average Bonchev–Trinajstić information content (AvgIpc) is 2.48. The van der Waals surface area contributed by atoms with Gasteiger partial charge < -0.3 is 4.90 Å². The zero-order valence-electron chi connectivity index (χ0n) is 13.0. The second-order valence-electron chi connectivity index (χ2n) is 6.79. The lowest BCUT2D eigenvalue weighted by atomic mass is 9.78. The molecule has 2 nitrogen and oxygen atoms in total. The number of nitrogens with zero attached hydrogens (tertiary/aromatic N) is 2. The van der Waals surface area contributed by atoms with Crippen molar-refractivity contribution in [1.29, 1.82) is 0 Å². The van der Waals surface area contributed by atoms with E-state index in [4.69, 9.17) is 0 Å². The summed E-state index contributed by atoms with van der Waals surface area (Å²) in [5.41, 5.74) is 2.77. The normalized spacial score (nSPS) is 27.1. The van der Waals surface area contributed by atoms with Gasteiger partial charge in [-0.25, -0.2) is 0 Å². The van der Waals surface area contributed by atoms with Crippen LogP contribution in [0.4, 0.5) is 5.69 Å². The molecule has 2 aliphatic rings. The van der Waals surface area contributed by atoms with Gasteiger partial charge in [0, 0.05) is 32.4 Å². The van der Waals surface area contributed by atoms with E-state index in [0.29, 0.717) is 0 Å². The molecule has 1 aromatic carbocycles. The summed E-state index contributed by atoms with van der Waals surface area (Å²) in [4.78, 5) is 4.93. The molecule has 0 aromatic heterocycles. The van der Waals surface area contributed by atoms with Crippen molar-refractivity contribution >= 4 is 5.69 Å². The number of likely N-dealkylation sites (tertiary alicyclic amines) is 1. The van der Waals surface area contributed by atoms with Crippen LogP contribution in [0.5, 0.6) is 0 Å². The summed E-state index contributed by atoms with van der Waals surface area (Å²) in [5, 5.41) is 0. The zero-order valence-corrected chi connectivity index (χ0v) is 13.0. The maximum Gasteiger partial charge on any atom is 0.0361 e. The van der Waals surface area contributed by atoms with E-state index in [0.717, 1.165) is 18.5 Å². The molecule has 2 unspecified atom stereocenters. The van der Waals surface area contributed by atoms with Gasteiger partial charge in [0.05, 0.1) is 0 Å². The molecule has 1 heterocycles. The Kier molecular flexibility index (Phi) is 4.30. The van der Waals surface area contributed by atoms with Crippen molar-refractivity contribution in [2.75, 3.05) is 25.5 Å². The lowest BCUT2D eigenvalue weighted by Crippen LogP contribution is -2.46. The number of hydrogen-bond donors (Lipinski definition) is 0. The van der Waals surface area contributed by atoms with E-state index in [2.05, 4.69) is 48.2 Å². The predicted molar refractivity (Wildman–Crippen MR) is 86.2 cm³/mol. The summed E-state index contributed by atoms with van der Waals surface area (Å²) in [5.74, 6) is 0.985. The highest BCUT2D eigenvalue weighted by molar-refractivity contribution is 5.45. The van der Waals surface area contributed by atoms with E-state index in [-0.39, 0.29) is 0 Å². The molecule has 2 heteroatoms. The Balaban J connectivity index is 1.66. The Morgan fingerprint density at radius 3 is 2.45 bits per heavy atom. The molecule has 3 rings (SSSR count). The van der Waals surface area contributed by atoms with Gasteiger partial charge >= 0.3 is 0 Å². The maximum absolute atomic E-state index is 2.76. The number of hydrogen-bond acceptors (Lipinski definition) is 2. The first kappa shape index (κ1) is 13.9. The lowest BCUT2D eigenvalue weighted by molar-refractivity contribution is 0.0547. The molecule has 0 spiro atoms. The van der Waals surface area contributed by atoms with Gasteiger partial charge in [-0.2, -0.15) is 0 Å². The van der Waals surface area contributed by atoms with Crippen LogP contribution in [-0.2, 0) is 6.54 Å². The van der Waals surface area contributed by atoms with E-state index in [1.807, 2.05) is 0 Å². The Morgan fingerprint density at radius 2 is 1.70 bits per heavy atom. The van der Waals surface area contributed by atoms with Crippen LogP contribution in [0.15, 0.2) is 24.3 Å². The van der Waals surface area contributed by atoms with Gasteiger partial charge in [-0.15, -0.1) is 0 Å². The molecule has 0 N–H and O–H groups in total. The van der Waals surface area contributed by atoms with Crippen molar-refractivity contribution in [3.8, 4) is 0 Å². The Hall–Kier alpha value is -1.02. The molecule has 20 heavy (non-hydrogen) atoms. The van der Waals surface area contributed by atoms with Crippen LogP contribution in [0.3, 0.4) is 0 Å². The van der Waals surface area contributed by atoms with Gasteiger partial charge in [-0.1, -0.05) is 25.0 Å². The molecular weight excluding hydrogens is 244 g/mol. The second kappa shape index (κ2) is 6.17. The van der Waals surface area contributed by atoms with Crippen LogP contribution in [0, 0.1) is 5.92 Å². The van der Waals surface area contributed by atoms with Crippen molar-refractivity contribution in [3.63, 3.8) is 0 Å². The molecule has 0 radical (unpaired) electrons. The maximum atomic E-state index is 2.76. The molecule has 1 saturated carbocycles. The SMILES string of the molecule is CN(C)c1ccc(CN2CCCC3CCCCC32)cc1. The molecule has 1 aromatic rings. The lowest BCUT2D eigenvalue weighted by Gasteiger charge is -2.44. The summed E-state index contributed by atoms with van der Waals surface area (Å²) in [6.45, 7) is 2.45. The second-order valence-corrected chi connectivity index (χ2v) is 6.79. The molecule has 110 valence electrons. The molecule has 0 bridgehead atoms. The number of benzene rings is 1. The third kappa shape index (κ3) is 3.01. The van der Waals surface area contributed by atoms with Crippen molar-refractivity contribution in [1.82, 2.24) is 4.90 Å². The highest BCUT2D eigenvalue weighted by Crippen LogP contribution is 2.35. The Bertz CT molecular complexity index is 422. The quantitative estimate of drug-likeness (QED) is 0.823. The summed E-state index contributed by atoms with van der Waals surface area (Å²) in [6.07, 6.45) is 8.68. The Morgan fingerprint density at radius 1 is 1.00 bits per heavy atom. The highest BCUT2D eigenvalue weighted by atomic mass is 15.2. The fourth-order valence-corrected chi connectivity index (χ4v) is 4.06. The largest absolute Gasteiger partial charge is 0.378 e. The third-order valence-corrected chi connectivity index (χ3v) is 5.20. The molecule has 2 atom stereocenters. The molecule has 2 fully saturated rings. The predicted octanol–water partition coefficient (Wildman–Crippen LogP) is 3.91. The van der Waals surface area contributed by atoms with Gasteiger partial charge in [0.25, 0.3) is 0 Å². The van der Waals surface area contributed by atoms with Crippen LogP contribution in [0.25, 0.3) is 0 Å².